The molecular weight excluding hydrogens is 607 g/mol. The van der Waals surface area contributed by atoms with Gasteiger partial charge >= 0.3 is 7.12 Å². The Labute approximate surface area is 270 Å². The van der Waals surface area contributed by atoms with Gasteiger partial charge in [0.2, 0.25) is 10.0 Å². The smallest absolute Gasteiger partial charge is 0.417 e. The molecule has 0 aliphatic carbocycles. The Morgan fingerprint density at radius 2 is 1.58 bits per heavy atom. The predicted molar refractivity (Wildman–Crippen MR) is 182 cm³/mol. The van der Waals surface area contributed by atoms with Gasteiger partial charge in [-0.25, -0.2) is 8.42 Å². The molecule has 0 radical (unpaired) electrons. The highest BCUT2D eigenvalue weighted by atomic mass is 32.2. The van der Waals surface area contributed by atoms with Gasteiger partial charge in [0.05, 0.1) is 16.1 Å². The largest absolute Gasteiger partial charge is 0.458 e. The van der Waals surface area contributed by atoms with E-state index in [-0.39, 0.29) is 23.0 Å². The van der Waals surface area contributed by atoms with Gasteiger partial charge in [-0.3, -0.25) is 10.1 Å². The third-order valence-corrected chi connectivity index (χ3v) is 16.5. The summed E-state index contributed by atoms with van der Waals surface area (Å²) in [6.45, 7) is 19.9. The maximum atomic E-state index is 14.3. The van der Waals surface area contributed by atoms with Gasteiger partial charge < -0.3 is 13.7 Å². The maximum absolute atomic E-state index is 14.3. The third-order valence-electron chi connectivity index (χ3n) is 10.1. The van der Waals surface area contributed by atoms with Gasteiger partial charge in [-0.2, -0.15) is 4.31 Å². The number of para-hydroxylation sites is 1. The van der Waals surface area contributed by atoms with Crippen LogP contribution in [0.5, 0.6) is 0 Å². The monoisotopic (exact) mass is 656 g/mol. The highest BCUT2D eigenvalue weighted by Crippen LogP contribution is 2.47. The second-order valence-electron chi connectivity index (χ2n) is 15.0. The first-order valence-corrected chi connectivity index (χ1v) is 20.0. The van der Waals surface area contributed by atoms with Crippen LogP contribution in [0.15, 0.2) is 65.6 Å². The Hall–Kier alpha value is -2.35. The standard InChI is InChI=1S/C33H49BN2O7SSi/c1-30(2,3)45(8,9)41-21-15-20-33(24-34-42-31(4,5)32(6,7)43-34)22-27(26-16-11-10-12-17-26)23-35(25-33)44(39,40)29-19-14-13-18-28(29)36(37)38/h10-14,16-19,22H,15,20-21,23-25H2,1-9H3/t33-/m1/s1. The van der Waals surface area contributed by atoms with Gasteiger partial charge in [0.1, 0.15) is 0 Å². The Kier molecular flexibility index (Phi) is 10.0. The Bertz CT molecular complexity index is 1510. The van der Waals surface area contributed by atoms with Crippen molar-refractivity contribution in [3.63, 3.8) is 0 Å². The Morgan fingerprint density at radius 1 is 1.00 bits per heavy atom. The lowest BCUT2D eigenvalue weighted by atomic mass is 9.63. The van der Waals surface area contributed by atoms with Crippen LogP contribution >= 0.6 is 0 Å². The number of hydrogen-bond acceptors (Lipinski definition) is 7. The molecule has 246 valence electrons. The van der Waals surface area contributed by atoms with Crippen molar-refractivity contribution in [2.24, 2.45) is 5.41 Å². The van der Waals surface area contributed by atoms with Crippen molar-refractivity contribution < 1.29 is 27.1 Å². The van der Waals surface area contributed by atoms with Crippen LogP contribution in [0.3, 0.4) is 0 Å². The Morgan fingerprint density at radius 3 is 2.16 bits per heavy atom. The number of nitrogens with zero attached hydrogens (tertiary/aromatic N) is 2. The molecule has 2 aliphatic rings. The third kappa shape index (κ3) is 7.63. The zero-order valence-corrected chi connectivity index (χ0v) is 30.1. The van der Waals surface area contributed by atoms with Crippen LogP contribution in [0.1, 0.15) is 66.9 Å². The van der Waals surface area contributed by atoms with Crippen molar-refractivity contribution in [1.29, 1.82) is 0 Å². The van der Waals surface area contributed by atoms with Crippen LogP contribution < -0.4 is 0 Å². The van der Waals surface area contributed by atoms with Gasteiger partial charge in [-0.1, -0.05) is 69.3 Å². The van der Waals surface area contributed by atoms with Crippen molar-refractivity contribution in [3.05, 3.63) is 76.4 Å². The number of benzene rings is 2. The highest BCUT2D eigenvalue weighted by Gasteiger charge is 2.54. The van der Waals surface area contributed by atoms with Gasteiger partial charge in [0, 0.05) is 31.2 Å². The van der Waals surface area contributed by atoms with E-state index in [9.17, 15) is 18.5 Å². The molecule has 0 unspecified atom stereocenters. The minimum absolute atomic E-state index is 0.0634. The summed E-state index contributed by atoms with van der Waals surface area (Å²) in [5.41, 5.74) is -0.505. The average Bonchev–Trinajstić information content (AvgIpc) is 3.15. The predicted octanol–water partition coefficient (Wildman–Crippen LogP) is 7.56. The van der Waals surface area contributed by atoms with E-state index in [0.29, 0.717) is 25.8 Å². The Balaban J connectivity index is 1.78. The summed E-state index contributed by atoms with van der Waals surface area (Å²) in [7, 11) is -6.82. The van der Waals surface area contributed by atoms with Crippen molar-refractivity contribution in [1.82, 2.24) is 4.31 Å². The number of sulfonamides is 1. The van der Waals surface area contributed by atoms with Gasteiger partial charge in [0.15, 0.2) is 13.2 Å². The lowest BCUT2D eigenvalue weighted by Crippen LogP contribution is -2.47. The quantitative estimate of drug-likeness (QED) is 0.106. The fraction of sp³-hybridized carbons (Fsp3) is 0.576. The van der Waals surface area contributed by atoms with E-state index in [1.54, 1.807) is 0 Å². The molecule has 0 bridgehead atoms. The van der Waals surface area contributed by atoms with E-state index >= 15 is 0 Å². The summed E-state index contributed by atoms with van der Waals surface area (Å²) in [6.07, 6.45) is 3.93. The molecule has 2 heterocycles. The number of hydrogen-bond donors (Lipinski definition) is 0. The van der Waals surface area contributed by atoms with Gasteiger partial charge in [-0.15, -0.1) is 0 Å². The molecule has 2 aromatic carbocycles. The fourth-order valence-electron chi connectivity index (χ4n) is 5.75. The summed E-state index contributed by atoms with van der Waals surface area (Å²) in [5, 5.41) is 12.0. The van der Waals surface area contributed by atoms with Gasteiger partial charge in [-0.05, 0) is 82.2 Å². The fourth-order valence-corrected chi connectivity index (χ4v) is 8.50. The van der Waals surface area contributed by atoms with Crippen molar-refractivity contribution in [2.45, 2.75) is 102 Å². The number of rotatable bonds is 11. The first kappa shape index (κ1) is 35.5. The lowest BCUT2D eigenvalue weighted by Gasteiger charge is -2.42. The minimum Gasteiger partial charge on any atom is -0.417 e. The van der Waals surface area contributed by atoms with E-state index < -0.39 is 52.7 Å². The topological polar surface area (TPSA) is 108 Å². The van der Waals surface area contributed by atoms with Crippen LogP contribution in [0.25, 0.3) is 5.57 Å². The minimum atomic E-state index is -4.26. The van der Waals surface area contributed by atoms with E-state index in [1.807, 2.05) is 58.0 Å². The molecule has 0 aromatic heterocycles. The molecule has 1 atom stereocenters. The van der Waals surface area contributed by atoms with E-state index in [1.165, 1.54) is 28.6 Å². The van der Waals surface area contributed by atoms with Crippen molar-refractivity contribution in [3.8, 4) is 0 Å². The molecule has 1 fully saturated rings. The summed E-state index contributed by atoms with van der Waals surface area (Å²) < 4.78 is 49.5. The zero-order chi connectivity index (χ0) is 33.5. The molecule has 0 N–H and O–H groups in total. The second-order valence-corrected chi connectivity index (χ2v) is 21.7. The molecule has 0 spiro atoms. The first-order valence-electron chi connectivity index (χ1n) is 15.7. The number of nitro benzene ring substituents is 1. The maximum Gasteiger partial charge on any atom is 0.458 e. The molecular formula is C33H49BN2O7SSi. The molecule has 9 nitrogen and oxygen atoms in total. The summed E-state index contributed by atoms with van der Waals surface area (Å²) in [6, 6.07) is 15.3. The second kappa shape index (κ2) is 12.7. The number of nitro groups is 1. The van der Waals surface area contributed by atoms with Gasteiger partial charge in [0.25, 0.3) is 5.69 Å². The van der Waals surface area contributed by atoms with E-state index in [2.05, 4.69) is 39.9 Å². The highest BCUT2D eigenvalue weighted by molar-refractivity contribution is 7.89. The summed E-state index contributed by atoms with van der Waals surface area (Å²) in [5.74, 6) is 0. The molecule has 1 saturated heterocycles. The van der Waals surface area contributed by atoms with Crippen LogP contribution in [-0.2, 0) is 23.8 Å². The van der Waals surface area contributed by atoms with Crippen LogP contribution in [0, 0.1) is 15.5 Å². The lowest BCUT2D eigenvalue weighted by molar-refractivity contribution is -0.387. The van der Waals surface area contributed by atoms with Crippen LogP contribution in [-0.4, -0.2) is 64.0 Å². The van der Waals surface area contributed by atoms with E-state index in [0.717, 1.165) is 11.1 Å². The summed E-state index contributed by atoms with van der Waals surface area (Å²) in [4.78, 5) is 11.0. The summed E-state index contributed by atoms with van der Waals surface area (Å²) >= 11 is 0. The van der Waals surface area contributed by atoms with E-state index in [4.69, 9.17) is 13.7 Å². The first-order chi connectivity index (χ1) is 20.7. The SMILES string of the molecule is CC1(C)OB(C[C@@]2(CCCO[Si](C)(C)C(C)(C)C)C=C(c3ccccc3)CN(S(=O)(=O)c3ccccc3[N+](=O)[O-])C2)OC1(C)C. The average molecular weight is 657 g/mol. The van der Waals surface area contributed by atoms with Crippen LogP contribution in [0.2, 0.25) is 24.5 Å². The molecule has 0 amide bonds. The van der Waals surface area contributed by atoms with Crippen molar-refractivity contribution in [2.75, 3.05) is 19.7 Å². The molecule has 2 aliphatic heterocycles. The molecule has 0 saturated carbocycles. The molecule has 12 heteroatoms. The van der Waals surface area contributed by atoms with Crippen LogP contribution in [0.4, 0.5) is 5.69 Å². The molecule has 2 aromatic rings. The van der Waals surface area contributed by atoms with Crippen molar-refractivity contribution >= 4 is 36.7 Å². The zero-order valence-electron chi connectivity index (χ0n) is 28.3. The molecule has 4 rings (SSSR count). The normalized spacial score (nSPS) is 22.3. The molecule has 45 heavy (non-hydrogen) atoms.